The van der Waals surface area contributed by atoms with Crippen LogP contribution < -0.4 is 5.32 Å². The van der Waals surface area contributed by atoms with E-state index in [1.54, 1.807) is 0 Å². The first-order valence-electron chi connectivity index (χ1n) is 6.57. The molecule has 2 N–H and O–H groups in total. The van der Waals surface area contributed by atoms with E-state index in [0.29, 0.717) is 12.5 Å². The highest BCUT2D eigenvalue weighted by Gasteiger charge is 2.18. The monoisotopic (exact) mass is 274 g/mol. The van der Waals surface area contributed by atoms with Crippen molar-refractivity contribution >= 4 is 12.4 Å². The Labute approximate surface area is 115 Å². The van der Waals surface area contributed by atoms with Crippen LogP contribution in [0.4, 0.5) is 0 Å². The quantitative estimate of drug-likeness (QED) is 0.735. The maximum atomic E-state index is 10.4. The van der Waals surface area contributed by atoms with Gasteiger partial charge in [0, 0.05) is 25.7 Å². The van der Waals surface area contributed by atoms with E-state index in [1.165, 1.54) is 0 Å². The molecule has 0 amide bonds. The summed E-state index contributed by atoms with van der Waals surface area (Å²) in [5.74, 6) is -0.730. The fourth-order valence-electron chi connectivity index (χ4n) is 1.65. The zero-order chi connectivity index (χ0) is 14.9. The molecule has 6 nitrogen and oxygen atoms in total. The smallest absolute Gasteiger partial charge is 0.317 e. The van der Waals surface area contributed by atoms with Gasteiger partial charge in [0.05, 0.1) is 6.54 Å². The molecule has 0 unspecified atom stereocenters. The lowest BCUT2D eigenvalue weighted by atomic mass is 10.1. The van der Waals surface area contributed by atoms with Gasteiger partial charge in [-0.2, -0.15) is 0 Å². The van der Waals surface area contributed by atoms with Crippen molar-refractivity contribution in [1.29, 1.82) is 0 Å². The maximum Gasteiger partial charge on any atom is 0.317 e. The topological polar surface area (TPSA) is 78.9 Å². The molecule has 0 radical (unpaired) electrons. The second kappa shape index (κ2) is 8.87. The van der Waals surface area contributed by atoms with Crippen LogP contribution in [0.2, 0.25) is 0 Å². The second-order valence-electron chi connectivity index (χ2n) is 5.51. The predicted octanol–water partition coefficient (Wildman–Crippen LogP) is 0.713. The molecule has 1 rings (SSSR count). The molecule has 0 saturated carbocycles. The maximum absolute atomic E-state index is 10.4. The van der Waals surface area contributed by atoms with Gasteiger partial charge in [-0.3, -0.25) is 14.5 Å². The summed E-state index contributed by atoms with van der Waals surface area (Å²) in [5.41, 5.74) is -0.318. The van der Waals surface area contributed by atoms with E-state index >= 15 is 0 Å². The molecule has 0 bridgehead atoms. The van der Waals surface area contributed by atoms with Crippen molar-refractivity contribution in [3.63, 3.8) is 0 Å². The molecule has 1 aliphatic heterocycles. The highest BCUT2D eigenvalue weighted by Crippen LogP contribution is 2.02. The summed E-state index contributed by atoms with van der Waals surface area (Å²) in [5, 5.41) is 11.9. The average molecular weight is 274 g/mol. The van der Waals surface area contributed by atoms with Gasteiger partial charge in [0.1, 0.15) is 5.60 Å². The van der Waals surface area contributed by atoms with Gasteiger partial charge in [0.2, 0.25) is 0 Å². The number of carbonyl (C=O) groups is 2. The van der Waals surface area contributed by atoms with E-state index < -0.39 is 5.97 Å². The summed E-state index contributed by atoms with van der Waals surface area (Å²) in [6, 6.07) is 0.470. The fourth-order valence-corrected chi connectivity index (χ4v) is 1.65. The largest absolute Gasteiger partial charge is 0.480 e. The van der Waals surface area contributed by atoms with Crippen LogP contribution in [0.15, 0.2) is 0 Å². The van der Waals surface area contributed by atoms with Crippen LogP contribution in [0, 0.1) is 0 Å². The number of rotatable bonds is 4. The Bertz CT molecular complexity index is 276. The highest BCUT2D eigenvalue weighted by molar-refractivity contribution is 5.69. The molecule has 1 aliphatic rings. The summed E-state index contributed by atoms with van der Waals surface area (Å²) < 4.78 is 4.55. The number of carboxylic acids is 1. The van der Waals surface area contributed by atoms with E-state index in [4.69, 9.17) is 5.11 Å². The molecular weight excluding hydrogens is 248 g/mol. The molecular formula is C13H26N2O4. The Kier molecular flexibility index (Phi) is 8.34. The summed E-state index contributed by atoms with van der Waals surface area (Å²) in [6.07, 6.45) is 1.07. The van der Waals surface area contributed by atoms with Crippen LogP contribution in [0.5, 0.6) is 0 Å². The standard InChI is InChI=1S/C8H16N2O2.C5H10O2/c1-2-7-5-10(4-3-9-7)6-8(11)12;1-5(2,3)7-4-6/h7,9H,2-6H2,1H3,(H,11,12);4H,1-3H3/t7-;/m1./s1. The van der Waals surface area contributed by atoms with Gasteiger partial charge in [-0.05, 0) is 27.2 Å². The van der Waals surface area contributed by atoms with Crippen molar-refractivity contribution in [2.24, 2.45) is 0 Å². The van der Waals surface area contributed by atoms with Crippen LogP contribution in [0.3, 0.4) is 0 Å². The van der Waals surface area contributed by atoms with Gasteiger partial charge in [0.15, 0.2) is 0 Å². The lowest BCUT2D eigenvalue weighted by Crippen LogP contribution is -2.51. The third-order valence-electron chi connectivity index (χ3n) is 2.59. The van der Waals surface area contributed by atoms with Gasteiger partial charge in [-0.15, -0.1) is 0 Å². The fraction of sp³-hybridized carbons (Fsp3) is 0.846. The first-order valence-corrected chi connectivity index (χ1v) is 6.57. The minimum Gasteiger partial charge on any atom is -0.480 e. The minimum absolute atomic E-state index is 0.179. The lowest BCUT2D eigenvalue weighted by molar-refractivity contribution is -0.139. The molecule has 1 atom stereocenters. The zero-order valence-electron chi connectivity index (χ0n) is 12.3. The van der Waals surface area contributed by atoms with E-state index in [0.717, 1.165) is 26.1 Å². The van der Waals surface area contributed by atoms with Crippen LogP contribution in [-0.4, -0.2) is 60.3 Å². The number of nitrogens with one attached hydrogen (secondary N) is 1. The molecule has 19 heavy (non-hydrogen) atoms. The Morgan fingerprint density at radius 2 is 2.16 bits per heavy atom. The number of hydrogen-bond acceptors (Lipinski definition) is 5. The Hall–Kier alpha value is -1.14. The summed E-state index contributed by atoms with van der Waals surface area (Å²) in [6.45, 7) is 10.8. The van der Waals surface area contributed by atoms with Gasteiger partial charge in [0.25, 0.3) is 6.47 Å². The molecule has 0 aromatic heterocycles. The number of aliphatic carboxylic acids is 1. The number of hydrogen-bond donors (Lipinski definition) is 2. The molecule has 0 spiro atoms. The van der Waals surface area contributed by atoms with Gasteiger partial charge in [-0.1, -0.05) is 6.92 Å². The van der Waals surface area contributed by atoms with Crippen molar-refractivity contribution in [1.82, 2.24) is 10.2 Å². The Morgan fingerprint density at radius 3 is 2.53 bits per heavy atom. The molecule has 0 aromatic rings. The SMILES string of the molecule is CC(C)(C)OC=O.CC[C@@H]1CN(CC(=O)O)CCN1. The van der Waals surface area contributed by atoms with Crippen LogP contribution >= 0.6 is 0 Å². The normalized spacial score (nSPS) is 20.1. The van der Waals surface area contributed by atoms with Gasteiger partial charge >= 0.3 is 5.97 Å². The summed E-state index contributed by atoms with van der Waals surface area (Å²) in [7, 11) is 0. The minimum atomic E-state index is -0.730. The first-order chi connectivity index (χ1) is 8.78. The van der Waals surface area contributed by atoms with Crippen molar-refractivity contribution in [2.45, 2.75) is 45.8 Å². The third kappa shape index (κ3) is 10.5. The Balaban J connectivity index is 0.000000399. The summed E-state index contributed by atoms with van der Waals surface area (Å²) in [4.78, 5) is 22.0. The predicted molar refractivity (Wildman–Crippen MR) is 73.1 cm³/mol. The van der Waals surface area contributed by atoms with E-state index in [-0.39, 0.29) is 12.1 Å². The Morgan fingerprint density at radius 1 is 1.53 bits per heavy atom. The number of carboxylic acid groups (broad SMARTS) is 1. The van der Waals surface area contributed by atoms with Crippen LogP contribution in [0.1, 0.15) is 34.1 Å². The molecule has 112 valence electrons. The number of nitrogens with zero attached hydrogens (tertiary/aromatic N) is 1. The highest BCUT2D eigenvalue weighted by atomic mass is 16.5. The summed E-state index contributed by atoms with van der Waals surface area (Å²) >= 11 is 0. The second-order valence-corrected chi connectivity index (χ2v) is 5.51. The molecule has 0 aliphatic carbocycles. The van der Waals surface area contributed by atoms with Crippen LogP contribution in [0.25, 0.3) is 0 Å². The molecule has 1 saturated heterocycles. The van der Waals surface area contributed by atoms with Crippen LogP contribution in [-0.2, 0) is 14.3 Å². The number of piperazine rings is 1. The third-order valence-corrected chi connectivity index (χ3v) is 2.59. The average Bonchev–Trinajstić information content (AvgIpc) is 2.27. The molecule has 6 heteroatoms. The van der Waals surface area contributed by atoms with Crippen molar-refractivity contribution in [3.05, 3.63) is 0 Å². The number of ether oxygens (including phenoxy) is 1. The van der Waals surface area contributed by atoms with E-state index in [2.05, 4.69) is 17.0 Å². The van der Waals surface area contributed by atoms with Crippen molar-refractivity contribution in [2.75, 3.05) is 26.2 Å². The molecule has 1 fully saturated rings. The zero-order valence-corrected chi connectivity index (χ0v) is 12.3. The van der Waals surface area contributed by atoms with Crippen molar-refractivity contribution < 1.29 is 19.4 Å². The lowest BCUT2D eigenvalue weighted by Gasteiger charge is -2.31. The molecule has 1 heterocycles. The van der Waals surface area contributed by atoms with Gasteiger partial charge < -0.3 is 15.2 Å². The number of carbonyl (C=O) groups excluding carboxylic acids is 1. The van der Waals surface area contributed by atoms with E-state index in [9.17, 15) is 9.59 Å². The first kappa shape index (κ1) is 17.9. The van der Waals surface area contributed by atoms with E-state index in [1.807, 2.05) is 25.7 Å². The van der Waals surface area contributed by atoms with Crippen molar-refractivity contribution in [3.8, 4) is 0 Å². The van der Waals surface area contributed by atoms with Gasteiger partial charge in [-0.25, -0.2) is 0 Å². The molecule has 0 aromatic carbocycles.